The number of nitrogens with two attached hydrogens (primary N) is 1. The van der Waals surface area contributed by atoms with E-state index in [1.54, 1.807) is 6.07 Å². The van der Waals surface area contributed by atoms with Gasteiger partial charge in [-0.2, -0.15) is 0 Å². The predicted octanol–water partition coefficient (Wildman–Crippen LogP) is 5.02. The van der Waals surface area contributed by atoms with E-state index in [4.69, 9.17) is 17.3 Å². The maximum atomic E-state index is 14.4. The van der Waals surface area contributed by atoms with Gasteiger partial charge >= 0.3 is 0 Å². The van der Waals surface area contributed by atoms with Crippen LogP contribution in [0, 0.1) is 11.6 Å². The van der Waals surface area contributed by atoms with Crippen molar-refractivity contribution in [2.75, 3.05) is 12.3 Å². The number of hydrogen-bond acceptors (Lipinski definition) is 7. The Balaban J connectivity index is 2.00. The van der Waals surface area contributed by atoms with Gasteiger partial charge in [0.15, 0.2) is 9.84 Å². The van der Waals surface area contributed by atoms with Crippen molar-refractivity contribution >= 4 is 33.3 Å². The van der Waals surface area contributed by atoms with Crippen LogP contribution in [0.4, 0.5) is 8.78 Å². The molecule has 3 rings (SSSR count). The summed E-state index contributed by atoms with van der Waals surface area (Å²) in [6.07, 6.45) is 3.84. The lowest BCUT2D eigenvalue weighted by Crippen LogP contribution is -2.55. The summed E-state index contributed by atoms with van der Waals surface area (Å²) in [4.78, 5) is 33.0. The lowest BCUT2D eigenvalue weighted by molar-refractivity contribution is -0.135. The summed E-state index contributed by atoms with van der Waals surface area (Å²) in [5.41, 5.74) is 8.22. The number of aliphatic hydroxyl groups is 1. The molecule has 0 unspecified atom stereocenters. The number of sulfone groups is 1. The highest BCUT2D eigenvalue weighted by Crippen LogP contribution is 2.20. The number of nitrogens with one attached hydrogen (secondary N) is 1. The van der Waals surface area contributed by atoms with Crippen LogP contribution in [-0.2, 0) is 34.0 Å². The molecule has 48 heavy (non-hydrogen) atoms. The van der Waals surface area contributed by atoms with E-state index in [1.165, 1.54) is 23.4 Å². The smallest absolute Gasteiger partial charge is 0.253 e. The monoisotopic (exact) mass is 706 g/mol. The van der Waals surface area contributed by atoms with Gasteiger partial charge in [0.1, 0.15) is 17.7 Å². The quantitative estimate of drug-likeness (QED) is 0.169. The van der Waals surface area contributed by atoms with Gasteiger partial charge in [-0.3, -0.25) is 14.6 Å². The first-order valence-corrected chi connectivity index (χ1v) is 18.2. The summed E-state index contributed by atoms with van der Waals surface area (Å²) in [6.45, 7) is 5.34. The molecule has 3 atom stereocenters. The first-order chi connectivity index (χ1) is 22.8. The van der Waals surface area contributed by atoms with Gasteiger partial charge < -0.3 is 21.1 Å². The molecule has 0 radical (unpaired) electrons. The van der Waals surface area contributed by atoms with Crippen LogP contribution in [0.5, 0.6) is 0 Å². The van der Waals surface area contributed by atoms with Crippen molar-refractivity contribution in [2.45, 2.75) is 89.3 Å². The van der Waals surface area contributed by atoms with Gasteiger partial charge in [0.05, 0.1) is 27.7 Å². The molecular weight excluding hydrogens is 662 g/mol. The minimum atomic E-state index is -3.90. The van der Waals surface area contributed by atoms with Crippen molar-refractivity contribution in [3.8, 4) is 0 Å². The molecular formula is C35H45ClF2N4O5S. The third-order valence-electron chi connectivity index (χ3n) is 8.08. The molecule has 0 aliphatic rings. The van der Waals surface area contributed by atoms with Gasteiger partial charge in [0.2, 0.25) is 5.91 Å². The number of carbonyl (C=O) groups excluding carboxylic acids is 2. The highest BCUT2D eigenvalue weighted by atomic mass is 35.5. The number of aliphatic hydroxyl groups excluding tert-OH is 1. The molecule has 0 saturated heterocycles. The van der Waals surface area contributed by atoms with Crippen molar-refractivity contribution < 1.29 is 31.9 Å². The maximum Gasteiger partial charge on any atom is 0.253 e. The molecule has 0 bridgehead atoms. The second-order valence-corrected chi connectivity index (χ2v) is 14.8. The molecule has 13 heteroatoms. The molecule has 0 fully saturated rings. The van der Waals surface area contributed by atoms with Crippen LogP contribution >= 0.6 is 11.6 Å². The Hall–Kier alpha value is -3.45. The third kappa shape index (κ3) is 11.6. The van der Waals surface area contributed by atoms with E-state index in [0.29, 0.717) is 31.2 Å². The Morgan fingerprint density at radius 1 is 0.979 bits per heavy atom. The van der Waals surface area contributed by atoms with E-state index < -0.39 is 62.5 Å². The zero-order valence-electron chi connectivity index (χ0n) is 27.5. The summed E-state index contributed by atoms with van der Waals surface area (Å²) < 4.78 is 55.2. The van der Waals surface area contributed by atoms with E-state index >= 15 is 0 Å². The molecule has 0 aliphatic heterocycles. The van der Waals surface area contributed by atoms with E-state index in [9.17, 15) is 31.9 Å². The van der Waals surface area contributed by atoms with E-state index in [1.807, 2.05) is 39.0 Å². The number of rotatable bonds is 18. The molecule has 0 aliphatic carbocycles. The number of halogens is 3. The van der Waals surface area contributed by atoms with Gasteiger partial charge in [0, 0.05) is 37.6 Å². The first kappa shape index (κ1) is 39.0. The van der Waals surface area contributed by atoms with Crippen LogP contribution in [0.15, 0.2) is 60.9 Å². The number of pyridine rings is 1. The van der Waals surface area contributed by atoms with Gasteiger partial charge in [-0.1, -0.05) is 69.5 Å². The number of nitrogens with zero attached hydrogens (tertiary/aromatic N) is 2. The fourth-order valence-corrected chi connectivity index (χ4v) is 7.91. The number of benzene rings is 2. The minimum absolute atomic E-state index is 0.0305. The second-order valence-electron chi connectivity index (χ2n) is 12.1. The van der Waals surface area contributed by atoms with Gasteiger partial charge in [0.25, 0.3) is 5.91 Å². The lowest BCUT2D eigenvalue weighted by Gasteiger charge is -2.32. The normalized spacial score (nSPS) is 13.6. The van der Waals surface area contributed by atoms with Crippen molar-refractivity contribution in [3.63, 3.8) is 0 Å². The average molecular weight is 707 g/mol. The topological polar surface area (TPSA) is 143 Å². The van der Waals surface area contributed by atoms with Gasteiger partial charge in [-0.05, 0) is 60.6 Å². The summed E-state index contributed by atoms with van der Waals surface area (Å²) in [5, 5.41) is 13.3. The summed E-state index contributed by atoms with van der Waals surface area (Å²) in [7, 11) is -3.90. The SMILES string of the molecule is CCCC(CCC)S(=O)(=O)C[C@@H](NC(=O)c1cncc(Cl)c1)C(=O)N(Cc1cccc(CC)c1)C[C@@H](O)[C@@H](N)Cc1cc(F)cc(F)c1. The minimum Gasteiger partial charge on any atom is -0.390 e. The fraction of sp³-hybridized carbons (Fsp3) is 0.457. The van der Waals surface area contributed by atoms with Crippen LogP contribution in [0.2, 0.25) is 5.02 Å². The molecule has 0 spiro atoms. The number of hydrogen-bond donors (Lipinski definition) is 3. The predicted molar refractivity (Wildman–Crippen MR) is 183 cm³/mol. The van der Waals surface area contributed by atoms with Crippen LogP contribution < -0.4 is 11.1 Å². The zero-order chi connectivity index (χ0) is 35.4. The van der Waals surface area contributed by atoms with E-state index in [2.05, 4.69) is 10.3 Å². The molecule has 2 aromatic carbocycles. The second kappa shape index (κ2) is 18.4. The summed E-state index contributed by atoms with van der Waals surface area (Å²) in [6, 6.07) is 9.15. The number of aryl methyl sites for hydroxylation is 1. The van der Waals surface area contributed by atoms with Crippen molar-refractivity contribution in [2.24, 2.45) is 5.73 Å². The zero-order valence-corrected chi connectivity index (χ0v) is 29.1. The fourth-order valence-electron chi connectivity index (χ4n) is 5.59. The van der Waals surface area contributed by atoms with Crippen molar-refractivity contribution in [1.82, 2.24) is 15.2 Å². The Morgan fingerprint density at radius 2 is 1.62 bits per heavy atom. The molecule has 2 amide bonds. The lowest BCUT2D eigenvalue weighted by atomic mass is 10.0. The average Bonchev–Trinajstić information content (AvgIpc) is 3.03. The summed E-state index contributed by atoms with van der Waals surface area (Å²) >= 11 is 6.04. The van der Waals surface area contributed by atoms with Gasteiger partial charge in [-0.25, -0.2) is 17.2 Å². The molecule has 262 valence electrons. The van der Waals surface area contributed by atoms with Crippen molar-refractivity contribution in [1.29, 1.82) is 0 Å². The van der Waals surface area contributed by atoms with E-state index in [0.717, 1.165) is 30.2 Å². The summed E-state index contributed by atoms with van der Waals surface area (Å²) in [5.74, 6) is -3.76. The standard InChI is InChI=1S/C35H45ClF2N4O5S/c1-4-8-30(9-5-2)48(46,47)22-32(41-34(44)26-16-27(36)19-40-18-26)35(45)42(20-24-11-7-10-23(6-3)12-24)21-33(43)31(39)15-25-13-28(37)17-29(38)14-25/h7,10-14,16-19,30-33,43H,4-6,8-9,15,20-22,39H2,1-3H3,(H,41,44)/t31-,32+,33+/m0/s1. The van der Waals surface area contributed by atoms with Crippen molar-refractivity contribution in [3.05, 3.63) is 99.8 Å². The Morgan fingerprint density at radius 3 is 2.23 bits per heavy atom. The largest absolute Gasteiger partial charge is 0.390 e. The molecule has 1 aromatic heterocycles. The Kier molecular flexibility index (Phi) is 14.9. The molecule has 4 N–H and O–H groups in total. The van der Waals surface area contributed by atoms with Crippen LogP contribution in [-0.4, -0.2) is 71.0 Å². The molecule has 9 nitrogen and oxygen atoms in total. The Bertz CT molecular complexity index is 1620. The highest BCUT2D eigenvalue weighted by molar-refractivity contribution is 7.92. The van der Waals surface area contributed by atoms with Gasteiger partial charge in [-0.15, -0.1) is 0 Å². The van der Waals surface area contributed by atoms with E-state index in [-0.39, 0.29) is 35.7 Å². The van der Waals surface area contributed by atoms with Crippen LogP contribution in [0.1, 0.15) is 73.5 Å². The number of carbonyl (C=O) groups is 2. The van der Waals surface area contributed by atoms with Crippen LogP contribution in [0.25, 0.3) is 0 Å². The molecule has 0 saturated carbocycles. The number of aromatic nitrogens is 1. The number of amides is 2. The maximum absolute atomic E-state index is 14.4. The Labute approximate surface area is 286 Å². The first-order valence-electron chi connectivity index (χ1n) is 16.1. The third-order valence-corrected chi connectivity index (χ3v) is 10.6. The molecule has 3 aromatic rings. The highest BCUT2D eigenvalue weighted by Gasteiger charge is 2.36. The molecule has 1 heterocycles. The van der Waals surface area contributed by atoms with Crippen LogP contribution in [0.3, 0.4) is 0 Å².